The Morgan fingerprint density at radius 3 is 2.54 bits per heavy atom. The normalized spacial score (nSPS) is 17.2. The van der Waals surface area contributed by atoms with E-state index < -0.39 is 0 Å². The molecule has 2 rings (SSSR count). The van der Waals surface area contributed by atoms with Gasteiger partial charge in [-0.1, -0.05) is 6.92 Å². The fourth-order valence-electron chi connectivity index (χ4n) is 2.97. The van der Waals surface area contributed by atoms with Crippen molar-refractivity contribution in [3.8, 4) is 0 Å². The summed E-state index contributed by atoms with van der Waals surface area (Å²) in [5.41, 5.74) is 1.14. The summed E-state index contributed by atoms with van der Waals surface area (Å²) in [5.74, 6) is 0.854. The first kappa shape index (κ1) is 18.7. The highest BCUT2D eigenvalue weighted by atomic mass is 15.3. The zero-order chi connectivity index (χ0) is 17.2. The van der Waals surface area contributed by atoms with Gasteiger partial charge >= 0.3 is 0 Å². The number of guanidine groups is 1. The van der Waals surface area contributed by atoms with Crippen molar-refractivity contribution in [3.05, 3.63) is 18.0 Å². The minimum atomic E-state index is 0.734. The molecule has 0 aromatic carbocycles. The van der Waals surface area contributed by atoms with Crippen molar-refractivity contribution >= 4 is 5.96 Å². The molecule has 0 radical (unpaired) electrons. The quantitative estimate of drug-likeness (QED) is 0.412. The van der Waals surface area contributed by atoms with Crippen LogP contribution in [-0.4, -0.2) is 78.4 Å². The lowest BCUT2D eigenvalue weighted by Crippen LogP contribution is -2.46. The average molecular weight is 336 g/mol. The summed E-state index contributed by atoms with van der Waals surface area (Å²) in [6.45, 7) is 11.2. The number of piperazine rings is 1. The fourth-order valence-corrected chi connectivity index (χ4v) is 2.97. The van der Waals surface area contributed by atoms with Gasteiger partial charge in [-0.05, 0) is 32.0 Å². The number of aliphatic imine (C=N–C) groups is 1. The maximum absolute atomic E-state index is 4.27. The highest BCUT2D eigenvalue weighted by molar-refractivity contribution is 5.79. The van der Waals surface area contributed by atoms with Crippen LogP contribution in [0.3, 0.4) is 0 Å². The Kier molecular flexibility index (Phi) is 8.04. The first-order chi connectivity index (χ1) is 11.7. The zero-order valence-corrected chi connectivity index (χ0v) is 15.5. The van der Waals surface area contributed by atoms with Gasteiger partial charge in [-0.2, -0.15) is 5.10 Å². The zero-order valence-electron chi connectivity index (χ0n) is 15.5. The molecule has 0 amide bonds. The van der Waals surface area contributed by atoms with Crippen LogP contribution in [0.5, 0.6) is 0 Å². The number of rotatable bonds is 8. The number of aryl methyl sites for hydroxylation is 1. The summed E-state index contributed by atoms with van der Waals surface area (Å²) in [6.07, 6.45) is 4.21. The summed E-state index contributed by atoms with van der Waals surface area (Å²) < 4.78 is 1.87. The van der Waals surface area contributed by atoms with Gasteiger partial charge in [0, 0.05) is 53.0 Å². The maximum atomic E-state index is 4.27. The van der Waals surface area contributed by atoms with Crippen molar-refractivity contribution in [2.24, 2.45) is 12.0 Å². The molecule has 1 aliphatic rings. The molecule has 1 aromatic heterocycles. The largest absolute Gasteiger partial charge is 0.356 e. The molecule has 1 aromatic rings. The number of unbranched alkanes of at least 4 members (excludes halogenated alkanes) is 1. The third-order valence-corrected chi connectivity index (χ3v) is 4.69. The van der Waals surface area contributed by atoms with Gasteiger partial charge in [-0.3, -0.25) is 9.67 Å². The Morgan fingerprint density at radius 1 is 1.17 bits per heavy atom. The van der Waals surface area contributed by atoms with Crippen LogP contribution in [0, 0.1) is 0 Å². The van der Waals surface area contributed by atoms with E-state index in [0.717, 1.165) is 24.7 Å². The van der Waals surface area contributed by atoms with Gasteiger partial charge in [0.2, 0.25) is 0 Å². The van der Waals surface area contributed by atoms with Gasteiger partial charge in [0.1, 0.15) is 0 Å². The lowest BCUT2D eigenvalue weighted by Gasteiger charge is -2.34. The summed E-state index contributed by atoms with van der Waals surface area (Å²) in [5, 5.41) is 10.9. The number of nitrogens with one attached hydrogen (secondary N) is 2. The van der Waals surface area contributed by atoms with Gasteiger partial charge in [-0.15, -0.1) is 0 Å². The Hall–Kier alpha value is -1.60. The van der Waals surface area contributed by atoms with E-state index in [1.807, 2.05) is 31.0 Å². The van der Waals surface area contributed by atoms with Gasteiger partial charge in [0.25, 0.3) is 0 Å². The second-order valence-corrected chi connectivity index (χ2v) is 6.28. The molecule has 2 heterocycles. The summed E-state index contributed by atoms with van der Waals surface area (Å²) in [6, 6.07) is 2.01. The molecule has 1 fully saturated rings. The molecule has 0 saturated carbocycles. The van der Waals surface area contributed by atoms with E-state index in [2.05, 4.69) is 37.4 Å². The van der Waals surface area contributed by atoms with Crippen molar-refractivity contribution in [2.75, 3.05) is 52.9 Å². The van der Waals surface area contributed by atoms with Crippen molar-refractivity contribution in [3.63, 3.8) is 0 Å². The van der Waals surface area contributed by atoms with E-state index in [0.29, 0.717) is 0 Å². The summed E-state index contributed by atoms with van der Waals surface area (Å²) in [4.78, 5) is 9.38. The first-order valence-electron chi connectivity index (χ1n) is 9.09. The summed E-state index contributed by atoms with van der Waals surface area (Å²) >= 11 is 0. The smallest absolute Gasteiger partial charge is 0.191 e. The molecule has 1 saturated heterocycles. The van der Waals surface area contributed by atoms with E-state index in [-0.39, 0.29) is 0 Å². The molecule has 7 heteroatoms. The van der Waals surface area contributed by atoms with E-state index >= 15 is 0 Å². The molecule has 24 heavy (non-hydrogen) atoms. The minimum Gasteiger partial charge on any atom is -0.356 e. The molecule has 0 bridgehead atoms. The van der Waals surface area contributed by atoms with E-state index in [1.54, 1.807) is 0 Å². The van der Waals surface area contributed by atoms with Crippen LogP contribution in [0.4, 0.5) is 0 Å². The Labute approximate surface area is 146 Å². The Morgan fingerprint density at radius 2 is 1.92 bits per heavy atom. The number of nitrogens with zero attached hydrogens (tertiary/aromatic N) is 5. The van der Waals surface area contributed by atoms with Crippen LogP contribution in [0.25, 0.3) is 0 Å². The lowest BCUT2D eigenvalue weighted by molar-refractivity contribution is 0.136. The molecule has 136 valence electrons. The summed E-state index contributed by atoms with van der Waals surface area (Å²) in [7, 11) is 3.76. The molecule has 0 spiro atoms. The van der Waals surface area contributed by atoms with E-state index in [1.165, 1.54) is 52.1 Å². The van der Waals surface area contributed by atoms with Gasteiger partial charge in [0.15, 0.2) is 5.96 Å². The fraction of sp³-hybridized carbons (Fsp3) is 0.765. The standard InChI is InChI=1S/C17H33N7/c1-4-23-11-13-24(14-12-23)10-6-5-8-19-17(18-2)20-15-16-7-9-21-22(16)3/h7,9H,4-6,8,10-15H2,1-3H3,(H2,18,19,20). The number of hydrogen-bond acceptors (Lipinski definition) is 4. The molecule has 2 N–H and O–H groups in total. The van der Waals surface area contributed by atoms with Crippen LogP contribution in [0.1, 0.15) is 25.5 Å². The van der Waals surface area contributed by atoms with E-state index in [4.69, 9.17) is 0 Å². The van der Waals surface area contributed by atoms with Gasteiger partial charge in [-0.25, -0.2) is 0 Å². The van der Waals surface area contributed by atoms with Crippen LogP contribution in [0.15, 0.2) is 17.3 Å². The predicted octanol–water partition coefficient (Wildman–Crippen LogP) is 0.503. The molecule has 1 aliphatic heterocycles. The Bertz CT molecular complexity index is 489. The van der Waals surface area contributed by atoms with Gasteiger partial charge < -0.3 is 20.4 Å². The van der Waals surface area contributed by atoms with Crippen molar-refractivity contribution in [1.29, 1.82) is 0 Å². The predicted molar refractivity (Wildman–Crippen MR) is 99.2 cm³/mol. The number of hydrogen-bond donors (Lipinski definition) is 2. The Balaban J connectivity index is 1.53. The van der Waals surface area contributed by atoms with E-state index in [9.17, 15) is 0 Å². The number of likely N-dealkylation sites (N-methyl/N-ethyl adjacent to an activating group) is 1. The third-order valence-electron chi connectivity index (χ3n) is 4.69. The van der Waals surface area contributed by atoms with Crippen molar-refractivity contribution in [1.82, 2.24) is 30.2 Å². The molecule has 7 nitrogen and oxygen atoms in total. The highest BCUT2D eigenvalue weighted by Gasteiger charge is 2.14. The molecular formula is C17H33N7. The topological polar surface area (TPSA) is 60.7 Å². The first-order valence-corrected chi connectivity index (χ1v) is 9.09. The maximum Gasteiger partial charge on any atom is 0.191 e. The second kappa shape index (κ2) is 10.3. The molecular weight excluding hydrogens is 302 g/mol. The minimum absolute atomic E-state index is 0.734. The molecule has 0 aliphatic carbocycles. The van der Waals surface area contributed by atoms with Crippen LogP contribution in [-0.2, 0) is 13.6 Å². The van der Waals surface area contributed by atoms with Crippen LogP contribution in [0.2, 0.25) is 0 Å². The average Bonchev–Trinajstić information content (AvgIpc) is 3.03. The van der Waals surface area contributed by atoms with Crippen molar-refractivity contribution < 1.29 is 0 Å². The van der Waals surface area contributed by atoms with Gasteiger partial charge in [0.05, 0.1) is 12.2 Å². The highest BCUT2D eigenvalue weighted by Crippen LogP contribution is 2.02. The second-order valence-electron chi connectivity index (χ2n) is 6.28. The number of aromatic nitrogens is 2. The van der Waals surface area contributed by atoms with Crippen molar-refractivity contribution in [2.45, 2.75) is 26.3 Å². The lowest BCUT2D eigenvalue weighted by atomic mass is 10.2. The SMILES string of the molecule is CCN1CCN(CCCCNC(=NC)NCc2ccnn2C)CC1. The monoisotopic (exact) mass is 335 g/mol. The molecule has 0 atom stereocenters. The molecule has 0 unspecified atom stereocenters. The third kappa shape index (κ3) is 6.13. The van der Waals surface area contributed by atoms with Crippen LogP contribution < -0.4 is 10.6 Å². The van der Waals surface area contributed by atoms with Crippen LogP contribution >= 0.6 is 0 Å².